The van der Waals surface area contributed by atoms with Crippen molar-refractivity contribution >= 4 is 11.5 Å². The molecule has 94 valence electrons. The first-order chi connectivity index (χ1) is 8.00. The lowest BCUT2D eigenvalue weighted by molar-refractivity contribution is -0.384. The summed E-state index contributed by atoms with van der Waals surface area (Å²) in [6.45, 7) is 6.83. The van der Waals surface area contributed by atoms with Gasteiger partial charge in [0.25, 0.3) is 0 Å². The number of aromatic nitrogens is 1. The number of nitrogens with zero attached hydrogens (tertiary/aromatic N) is 2. The summed E-state index contributed by atoms with van der Waals surface area (Å²) in [6, 6.07) is 1.54. The number of hydrogen-bond acceptors (Lipinski definition) is 4. The summed E-state index contributed by atoms with van der Waals surface area (Å²) in [7, 11) is 0. The van der Waals surface area contributed by atoms with Gasteiger partial charge in [-0.25, -0.2) is 4.98 Å². The van der Waals surface area contributed by atoms with Crippen molar-refractivity contribution in [2.45, 2.75) is 33.6 Å². The van der Waals surface area contributed by atoms with E-state index in [1.807, 2.05) is 0 Å². The highest BCUT2D eigenvalue weighted by Gasteiger charge is 2.14. The van der Waals surface area contributed by atoms with Crippen LogP contribution in [0.5, 0.6) is 0 Å². The Hall–Kier alpha value is -1.65. The standard InChI is InChI=1S/C12H19N3O2/c1-9(2)5-4-6-13-12-11(15(16)17)7-10(3)8-14-12/h7-9H,4-6H2,1-3H3,(H,13,14). The SMILES string of the molecule is Cc1cnc(NCCCC(C)C)c([N+](=O)[O-])c1. The smallest absolute Gasteiger partial charge is 0.311 e. The molecule has 0 unspecified atom stereocenters. The zero-order chi connectivity index (χ0) is 12.8. The molecule has 0 aliphatic carbocycles. The lowest BCUT2D eigenvalue weighted by Gasteiger charge is -2.07. The van der Waals surface area contributed by atoms with Crippen molar-refractivity contribution in [1.29, 1.82) is 0 Å². The Morgan fingerprint density at radius 1 is 1.53 bits per heavy atom. The molecular weight excluding hydrogens is 218 g/mol. The second-order valence-electron chi connectivity index (χ2n) is 4.60. The van der Waals surface area contributed by atoms with Gasteiger partial charge in [0.1, 0.15) is 0 Å². The summed E-state index contributed by atoms with van der Waals surface area (Å²) in [5.74, 6) is 1.02. The molecule has 0 spiro atoms. The van der Waals surface area contributed by atoms with Gasteiger partial charge in [-0.1, -0.05) is 13.8 Å². The number of hydrogen-bond donors (Lipinski definition) is 1. The van der Waals surface area contributed by atoms with E-state index in [1.165, 1.54) is 6.07 Å². The van der Waals surface area contributed by atoms with Crippen LogP contribution in [0.15, 0.2) is 12.3 Å². The van der Waals surface area contributed by atoms with Crippen LogP contribution in [0.25, 0.3) is 0 Å². The van der Waals surface area contributed by atoms with Gasteiger partial charge >= 0.3 is 5.69 Å². The van der Waals surface area contributed by atoms with Crippen molar-refractivity contribution in [3.05, 3.63) is 27.9 Å². The molecule has 0 aromatic carbocycles. The molecule has 0 aliphatic heterocycles. The largest absolute Gasteiger partial charge is 0.364 e. The molecular formula is C12H19N3O2. The van der Waals surface area contributed by atoms with E-state index >= 15 is 0 Å². The molecule has 1 aromatic heterocycles. The molecule has 0 fully saturated rings. The quantitative estimate of drug-likeness (QED) is 0.469. The first-order valence-electron chi connectivity index (χ1n) is 5.85. The second kappa shape index (κ2) is 6.18. The number of rotatable bonds is 6. The van der Waals surface area contributed by atoms with E-state index in [2.05, 4.69) is 24.1 Å². The Kier molecular flexibility index (Phi) is 4.87. The molecule has 0 saturated carbocycles. The van der Waals surface area contributed by atoms with E-state index in [0.717, 1.165) is 24.9 Å². The fourth-order valence-electron chi connectivity index (χ4n) is 1.55. The van der Waals surface area contributed by atoms with E-state index < -0.39 is 4.92 Å². The van der Waals surface area contributed by atoms with Gasteiger partial charge in [-0.15, -0.1) is 0 Å². The molecule has 0 atom stereocenters. The molecule has 5 heteroatoms. The Balaban J connectivity index is 2.61. The van der Waals surface area contributed by atoms with Crippen molar-refractivity contribution in [3.63, 3.8) is 0 Å². The average molecular weight is 237 g/mol. The summed E-state index contributed by atoms with van der Waals surface area (Å²) in [5.41, 5.74) is 0.846. The van der Waals surface area contributed by atoms with Crippen molar-refractivity contribution < 1.29 is 4.92 Å². The molecule has 1 N–H and O–H groups in total. The minimum atomic E-state index is -0.398. The van der Waals surface area contributed by atoms with Crippen LogP contribution in [-0.2, 0) is 0 Å². The zero-order valence-corrected chi connectivity index (χ0v) is 10.6. The Labute approximate surface area is 101 Å². The number of aryl methyl sites for hydroxylation is 1. The molecule has 0 bridgehead atoms. The van der Waals surface area contributed by atoms with Crippen LogP contribution in [0.3, 0.4) is 0 Å². The van der Waals surface area contributed by atoms with Crippen LogP contribution in [0.1, 0.15) is 32.3 Å². The van der Waals surface area contributed by atoms with Crippen molar-refractivity contribution in [2.75, 3.05) is 11.9 Å². The highest BCUT2D eigenvalue weighted by molar-refractivity contribution is 5.56. The molecule has 5 nitrogen and oxygen atoms in total. The van der Waals surface area contributed by atoms with Crippen molar-refractivity contribution in [1.82, 2.24) is 4.98 Å². The molecule has 1 aromatic rings. The molecule has 17 heavy (non-hydrogen) atoms. The molecule has 0 saturated heterocycles. The van der Waals surface area contributed by atoms with Crippen LogP contribution in [0.4, 0.5) is 11.5 Å². The lowest BCUT2D eigenvalue weighted by Crippen LogP contribution is -2.07. The van der Waals surface area contributed by atoms with E-state index in [4.69, 9.17) is 0 Å². The minimum Gasteiger partial charge on any atom is -0.364 e. The highest BCUT2D eigenvalue weighted by Crippen LogP contribution is 2.22. The van der Waals surface area contributed by atoms with E-state index in [9.17, 15) is 10.1 Å². The molecule has 1 heterocycles. The second-order valence-corrected chi connectivity index (χ2v) is 4.60. The minimum absolute atomic E-state index is 0.0505. The maximum atomic E-state index is 10.8. The summed E-state index contributed by atoms with van der Waals surface area (Å²) in [4.78, 5) is 14.5. The number of anilines is 1. The van der Waals surface area contributed by atoms with Gasteiger partial charge in [-0.3, -0.25) is 10.1 Å². The van der Waals surface area contributed by atoms with Gasteiger partial charge < -0.3 is 5.32 Å². The predicted octanol–water partition coefficient (Wildman–Crippen LogP) is 3.15. The van der Waals surface area contributed by atoms with Gasteiger partial charge in [-0.05, 0) is 31.2 Å². The summed E-state index contributed by atoms with van der Waals surface area (Å²) < 4.78 is 0. The fraction of sp³-hybridized carbons (Fsp3) is 0.583. The van der Waals surface area contributed by atoms with Crippen LogP contribution < -0.4 is 5.32 Å². The zero-order valence-electron chi connectivity index (χ0n) is 10.6. The molecule has 0 radical (unpaired) electrons. The number of nitrogens with one attached hydrogen (secondary N) is 1. The molecule has 0 aliphatic rings. The van der Waals surface area contributed by atoms with Crippen LogP contribution >= 0.6 is 0 Å². The van der Waals surface area contributed by atoms with Gasteiger partial charge in [0.15, 0.2) is 0 Å². The summed E-state index contributed by atoms with van der Waals surface area (Å²) in [5, 5.41) is 13.9. The molecule has 1 rings (SSSR count). The van der Waals surface area contributed by atoms with E-state index in [0.29, 0.717) is 11.7 Å². The van der Waals surface area contributed by atoms with E-state index in [-0.39, 0.29) is 5.69 Å². The third-order valence-corrected chi connectivity index (χ3v) is 2.45. The van der Waals surface area contributed by atoms with Crippen molar-refractivity contribution in [2.24, 2.45) is 5.92 Å². The Bertz CT molecular complexity index is 391. The first-order valence-corrected chi connectivity index (χ1v) is 5.85. The third kappa shape index (κ3) is 4.38. The fourth-order valence-corrected chi connectivity index (χ4v) is 1.55. The highest BCUT2D eigenvalue weighted by atomic mass is 16.6. The lowest BCUT2D eigenvalue weighted by atomic mass is 10.1. The van der Waals surface area contributed by atoms with Crippen LogP contribution in [0.2, 0.25) is 0 Å². The van der Waals surface area contributed by atoms with Gasteiger partial charge in [0, 0.05) is 18.8 Å². The van der Waals surface area contributed by atoms with Crippen LogP contribution in [0, 0.1) is 23.0 Å². The normalized spacial score (nSPS) is 10.6. The number of pyridine rings is 1. The maximum Gasteiger partial charge on any atom is 0.311 e. The average Bonchev–Trinajstić information content (AvgIpc) is 2.25. The van der Waals surface area contributed by atoms with Gasteiger partial charge in [0.2, 0.25) is 5.82 Å². The van der Waals surface area contributed by atoms with Crippen LogP contribution in [-0.4, -0.2) is 16.5 Å². The van der Waals surface area contributed by atoms with E-state index in [1.54, 1.807) is 13.1 Å². The molecule has 0 amide bonds. The van der Waals surface area contributed by atoms with Crippen molar-refractivity contribution in [3.8, 4) is 0 Å². The first kappa shape index (κ1) is 13.4. The Morgan fingerprint density at radius 3 is 2.82 bits per heavy atom. The monoisotopic (exact) mass is 237 g/mol. The van der Waals surface area contributed by atoms with Gasteiger partial charge in [-0.2, -0.15) is 0 Å². The summed E-state index contributed by atoms with van der Waals surface area (Å²) in [6.07, 6.45) is 3.73. The number of nitro groups is 1. The Morgan fingerprint density at radius 2 is 2.24 bits per heavy atom. The summed E-state index contributed by atoms with van der Waals surface area (Å²) >= 11 is 0. The topological polar surface area (TPSA) is 68.1 Å². The van der Waals surface area contributed by atoms with Gasteiger partial charge in [0.05, 0.1) is 4.92 Å². The predicted molar refractivity (Wildman–Crippen MR) is 68.2 cm³/mol. The third-order valence-electron chi connectivity index (χ3n) is 2.45. The maximum absolute atomic E-state index is 10.8.